The molecule has 3 rings (SSSR count). The van der Waals surface area contributed by atoms with E-state index in [-0.39, 0.29) is 10.5 Å². The quantitative estimate of drug-likeness (QED) is 0.752. The number of aromatic hydroxyl groups is 1. The fourth-order valence-electron chi connectivity index (χ4n) is 3.07. The van der Waals surface area contributed by atoms with Crippen molar-refractivity contribution >= 4 is 21.9 Å². The van der Waals surface area contributed by atoms with Crippen molar-refractivity contribution in [1.29, 1.82) is 0 Å². The van der Waals surface area contributed by atoms with E-state index < -0.39 is 27.2 Å². The highest BCUT2D eigenvalue weighted by Gasteiger charge is 2.25. The minimum absolute atomic E-state index is 0.130. The van der Waals surface area contributed by atoms with E-state index in [0.29, 0.717) is 18.8 Å². The molecule has 150 valence electrons. The SMILES string of the molecule is Cn1c(O)c(C=Nc2ccc(S(=O)(=O)N3CCCCC3)cc2)c(=O)n(C)c1=O. The lowest BCUT2D eigenvalue weighted by Gasteiger charge is -2.25. The monoisotopic (exact) mass is 406 g/mol. The molecular formula is C18H22N4O5S. The second-order valence-corrected chi connectivity index (χ2v) is 8.60. The van der Waals surface area contributed by atoms with Crippen LogP contribution in [0.5, 0.6) is 5.88 Å². The summed E-state index contributed by atoms with van der Waals surface area (Å²) in [5, 5.41) is 10.0. The molecule has 1 aromatic heterocycles. The summed E-state index contributed by atoms with van der Waals surface area (Å²) in [5.74, 6) is -0.485. The molecule has 1 aromatic carbocycles. The number of hydrogen-bond donors (Lipinski definition) is 1. The summed E-state index contributed by atoms with van der Waals surface area (Å²) < 4.78 is 28.6. The summed E-state index contributed by atoms with van der Waals surface area (Å²) in [4.78, 5) is 28.2. The summed E-state index contributed by atoms with van der Waals surface area (Å²) in [6, 6.07) is 5.98. The van der Waals surface area contributed by atoms with Crippen LogP contribution in [0.4, 0.5) is 5.69 Å². The highest BCUT2D eigenvalue weighted by atomic mass is 32.2. The highest BCUT2D eigenvalue weighted by Crippen LogP contribution is 2.23. The third kappa shape index (κ3) is 3.65. The van der Waals surface area contributed by atoms with Gasteiger partial charge in [0.2, 0.25) is 15.9 Å². The second kappa shape index (κ2) is 7.72. The Kier molecular flexibility index (Phi) is 5.52. The van der Waals surface area contributed by atoms with Gasteiger partial charge >= 0.3 is 5.69 Å². The van der Waals surface area contributed by atoms with Gasteiger partial charge in [0, 0.05) is 33.4 Å². The Balaban J connectivity index is 1.88. The number of nitrogens with zero attached hydrogens (tertiary/aromatic N) is 4. The van der Waals surface area contributed by atoms with Crippen LogP contribution in [0.3, 0.4) is 0 Å². The van der Waals surface area contributed by atoms with Gasteiger partial charge in [-0.15, -0.1) is 0 Å². The first-order chi connectivity index (χ1) is 13.2. The predicted molar refractivity (Wildman–Crippen MR) is 105 cm³/mol. The van der Waals surface area contributed by atoms with Crippen LogP contribution < -0.4 is 11.2 Å². The van der Waals surface area contributed by atoms with Crippen LogP contribution in [-0.2, 0) is 24.1 Å². The average Bonchev–Trinajstić information content (AvgIpc) is 2.72. The van der Waals surface area contributed by atoms with Gasteiger partial charge in [0.25, 0.3) is 5.56 Å². The maximum absolute atomic E-state index is 12.7. The van der Waals surface area contributed by atoms with Crippen LogP contribution in [0.1, 0.15) is 24.8 Å². The van der Waals surface area contributed by atoms with Crippen molar-refractivity contribution in [3.05, 3.63) is 50.7 Å². The normalized spacial score (nSPS) is 15.9. The van der Waals surface area contributed by atoms with Crippen LogP contribution in [0.2, 0.25) is 0 Å². The minimum Gasteiger partial charge on any atom is -0.494 e. The summed E-state index contributed by atoms with van der Waals surface area (Å²) in [5.41, 5.74) is -1.04. The molecule has 1 N–H and O–H groups in total. The molecule has 0 amide bonds. The minimum atomic E-state index is -3.53. The van der Waals surface area contributed by atoms with Gasteiger partial charge in [0.05, 0.1) is 10.6 Å². The topological polar surface area (TPSA) is 114 Å². The molecule has 1 saturated heterocycles. The maximum Gasteiger partial charge on any atom is 0.333 e. The molecule has 9 nitrogen and oxygen atoms in total. The summed E-state index contributed by atoms with van der Waals surface area (Å²) in [6.07, 6.45) is 3.92. The van der Waals surface area contributed by atoms with E-state index in [4.69, 9.17) is 0 Å². The van der Waals surface area contributed by atoms with Gasteiger partial charge in [0.15, 0.2) is 0 Å². The fourth-order valence-corrected chi connectivity index (χ4v) is 4.59. The van der Waals surface area contributed by atoms with Crippen molar-refractivity contribution in [2.45, 2.75) is 24.2 Å². The molecule has 10 heteroatoms. The van der Waals surface area contributed by atoms with Crippen molar-refractivity contribution < 1.29 is 13.5 Å². The second-order valence-electron chi connectivity index (χ2n) is 6.66. The summed E-state index contributed by atoms with van der Waals surface area (Å²) in [7, 11) is -0.876. The Morgan fingerprint density at radius 1 is 1.00 bits per heavy atom. The van der Waals surface area contributed by atoms with Gasteiger partial charge in [-0.3, -0.25) is 18.9 Å². The molecule has 0 radical (unpaired) electrons. The van der Waals surface area contributed by atoms with E-state index in [1.165, 1.54) is 42.7 Å². The molecule has 0 atom stereocenters. The van der Waals surface area contributed by atoms with Gasteiger partial charge in [-0.2, -0.15) is 4.31 Å². The van der Waals surface area contributed by atoms with Crippen molar-refractivity contribution in [2.75, 3.05) is 13.1 Å². The lowest BCUT2D eigenvalue weighted by Crippen LogP contribution is -2.38. The molecule has 0 spiro atoms. The molecule has 2 aromatic rings. The number of aromatic nitrogens is 2. The average molecular weight is 406 g/mol. The maximum atomic E-state index is 12.7. The Hall–Kier alpha value is -2.72. The zero-order valence-electron chi connectivity index (χ0n) is 15.7. The Morgan fingerprint density at radius 2 is 1.61 bits per heavy atom. The Labute approximate surface area is 162 Å². The van der Waals surface area contributed by atoms with Gasteiger partial charge in [0.1, 0.15) is 5.56 Å². The fraction of sp³-hybridized carbons (Fsp3) is 0.389. The number of hydrogen-bond acceptors (Lipinski definition) is 6. The molecule has 1 fully saturated rings. The number of benzene rings is 1. The molecule has 2 heterocycles. The van der Waals surface area contributed by atoms with Gasteiger partial charge < -0.3 is 5.11 Å². The smallest absolute Gasteiger partial charge is 0.333 e. The van der Waals surface area contributed by atoms with Crippen molar-refractivity contribution in [2.24, 2.45) is 19.1 Å². The highest BCUT2D eigenvalue weighted by molar-refractivity contribution is 7.89. The molecule has 28 heavy (non-hydrogen) atoms. The zero-order valence-corrected chi connectivity index (χ0v) is 16.5. The molecule has 1 aliphatic heterocycles. The Morgan fingerprint density at radius 3 is 2.21 bits per heavy atom. The summed E-state index contributed by atoms with van der Waals surface area (Å²) >= 11 is 0. The third-order valence-corrected chi connectivity index (χ3v) is 6.71. The first-order valence-corrected chi connectivity index (χ1v) is 10.3. The molecule has 0 unspecified atom stereocenters. The van der Waals surface area contributed by atoms with Crippen LogP contribution >= 0.6 is 0 Å². The van der Waals surface area contributed by atoms with Crippen LogP contribution in [0.15, 0.2) is 43.7 Å². The molecule has 0 aliphatic carbocycles. The molecule has 0 saturated carbocycles. The van der Waals surface area contributed by atoms with Crippen LogP contribution in [0.25, 0.3) is 0 Å². The van der Waals surface area contributed by atoms with E-state index >= 15 is 0 Å². The van der Waals surface area contributed by atoms with Gasteiger partial charge in [-0.1, -0.05) is 6.42 Å². The van der Waals surface area contributed by atoms with Crippen LogP contribution in [0, 0.1) is 0 Å². The molecule has 0 bridgehead atoms. The van der Waals surface area contributed by atoms with E-state index in [9.17, 15) is 23.1 Å². The largest absolute Gasteiger partial charge is 0.494 e. The lowest BCUT2D eigenvalue weighted by atomic mass is 10.2. The van der Waals surface area contributed by atoms with Crippen LogP contribution in [-0.4, -0.2) is 46.3 Å². The number of sulfonamides is 1. The van der Waals surface area contributed by atoms with Crippen molar-refractivity contribution in [3.8, 4) is 5.88 Å². The zero-order chi connectivity index (χ0) is 20.5. The molecular weight excluding hydrogens is 384 g/mol. The van der Waals surface area contributed by atoms with Crippen molar-refractivity contribution in [1.82, 2.24) is 13.4 Å². The standard InChI is InChI=1S/C18H22N4O5S/c1-20-16(23)15(17(24)21(2)18(20)25)12-19-13-6-8-14(9-7-13)28(26,27)22-10-4-3-5-11-22/h6-9,12,23H,3-5,10-11H2,1-2H3. The third-order valence-electron chi connectivity index (χ3n) is 4.80. The summed E-state index contributed by atoms with van der Waals surface area (Å²) in [6.45, 7) is 1.05. The van der Waals surface area contributed by atoms with E-state index in [1.807, 2.05) is 0 Å². The number of aliphatic imine (C=N–C) groups is 1. The molecule has 1 aliphatic rings. The Bertz CT molecular complexity index is 1120. The van der Waals surface area contributed by atoms with E-state index in [1.54, 1.807) is 0 Å². The van der Waals surface area contributed by atoms with E-state index in [2.05, 4.69) is 4.99 Å². The predicted octanol–water partition coefficient (Wildman–Crippen LogP) is 0.715. The van der Waals surface area contributed by atoms with Gasteiger partial charge in [-0.05, 0) is 37.1 Å². The lowest BCUT2D eigenvalue weighted by molar-refractivity contribution is 0.346. The first kappa shape index (κ1) is 20.0. The number of rotatable bonds is 4. The first-order valence-electron chi connectivity index (χ1n) is 8.87. The van der Waals surface area contributed by atoms with Crippen molar-refractivity contribution in [3.63, 3.8) is 0 Å². The number of piperidine rings is 1. The van der Waals surface area contributed by atoms with Gasteiger partial charge in [-0.25, -0.2) is 13.2 Å². The van der Waals surface area contributed by atoms with E-state index in [0.717, 1.165) is 34.6 Å².